The number of amides is 1. The molecule has 140 valence electrons. The minimum Gasteiger partial charge on any atom is -0.344 e. The molecule has 4 heterocycles. The van der Waals surface area contributed by atoms with Crippen molar-refractivity contribution in [2.75, 3.05) is 26.7 Å². The Morgan fingerprint density at radius 2 is 2.15 bits per heavy atom. The van der Waals surface area contributed by atoms with Crippen LogP contribution >= 0.6 is 11.3 Å². The molecule has 6 nitrogen and oxygen atoms in total. The predicted octanol–water partition coefficient (Wildman–Crippen LogP) is 2.18. The number of likely N-dealkylation sites (N-methyl/N-ethyl adjacent to an activating group) is 1. The first-order valence-electron chi connectivity index (χ1n) is 9.54. The largest absolute Gasteiger partial charge is 0.344 e. The Hall–Kier alpha value is -1.73. The highest BCUT2D eigenvalue weighted by atomic mass is 32.1. The SMILES string of the molecule is CN(CC1CCCN2CCCCC12)C(=O)Cn1cnc2sccc2c1=O. The number of nitrogens with zero attached hydrogens (tertiary/aromatic N) is 4. The van der Waals surface area contributed by atoms with E-state index in [0.29, 0.717) is 17.3 Å². The van der Waals surface area contributed by atoms with Crippen LogP contribution in [0.1, 0.15) is 32.1 Å². The first-order valence-corrected chi connectivity index (χ1v) is 10.4. The van der Waals surface area contributed by atoms with Gasteiger partial charge in [-0.2, -0.15) is 0 Å². The molecule has 0 aliphatic carbocycles. The molecule has 1 amide bonds. The zero-order valence-electron chi connectivity index (χ0n) is 15.3. The van der Waals surface area contributed by atoms with Gasteiger partial charge in [0.05, 0.1) is 11.7 Å². The summed E-state index contributed by atoms with van der Waals surface area (Å²) < 4.78 is 1.43. The average molecular weight is 375 g/mol. The molecule has 2 aromatic heterocycles. The Kier molecular flexibility index (Phi) is 5.09. The maximum absolute atomic E-state index is 12.7. The summed E-state index contributed by atoms with van der Waals surface area (Å²) in [6.45, 7) is 3.26. The number of thiophene rings is 1. The van der Waals surface area contributed by atoms with Crippen molar-refractivity contribution in [1.82, 2.24) is 19.4 Å². The summed E-state index contributed by atoms with van der Waals surface area (Å²) in [5, 5.41) is 2.45. The van der Waals surface area contributed by atoms with Crippen LogP contribution < -0.4 is 5.56 Å². The van der Waals surface area contributed by atoms with Gasteiger partial charge in [-0.25, -0.2) is 4.98 Å². The molecule has 2 atom stereocenters. The van der Waals surface area contributed by atoms with Crippen molar-refractivity contribution in [3.8, 4) is 0 Å². The Bertz CT molecular complexity index is 843. The third-order valence-electron chi connectivity index (χ3n) is 5.92. The lowest BCUT2D eigenvalue weighted by Gasteiger charge is -2.45. The predicted molar refractivity (Wildman–Crippen MR) is 103 cm³/mol. The average Bonchev–Trinajstić information content (AvgIpc) is 3.14. The van der Waals surface area contributed by atoms with Gasteiger partial charge in [0.2, 0.25) is 5.91 Å². The highest BCUT2D eigenvalue weighted by molar-refractivity contribution is 7.16. The molecule has 2 aliphatic rings. The molecule has 2 saturated heterocycles. The molecule has 2 unspecified atom stereocenters. The third-order valence-corrected chi connectivity index (χ3v) is 6.74. The maximum Gasteiger partial charge on any atom is 0.262 e. The van der Waals surface area contributed by atoms with Crippen LogP contribution in [0.5, 0.6) is 0 Å². The van der Waals surface area contributed by atoms with Gasteiger partial charge in [-0.15, -0.1) is 11.3 Å². The standard InChI is InChI=1S/C19H26N4O2S/c1-21(11-14-5-4-9-22-8-3-2-6-16(14)22)17(24)12-23-13-20-18-15(19(23)25)7-10-26-18/h7,10,13-14,16H,2-6,8-9,11-12H2,1H3. The second kappa shape index (κ2) is 7.48. The molecule has 4 rings (SSSR count). The fourth-order valence-electron chi connectivity index (χ4n) is 4.52. The molecule has 0 N–H and O–H groups in total. The van der Waals surface area contributed by atoms with Gasteiger partial charge >= 0.3 is 0 Å². The van der Waals surface area contributed by atoms with E-state index in [2.05, 4.69) is 9.88 Å². The van der Waals surface area contributed by atoms with Crippen molar-refractivity contribution in [2.24, 2.45) is 5.92 Å². The van der Waals surface area contributed by atoms with Crippen molar-refractivity contribution in [2.45, 2.75) is 44.7 Å². The van der Waals surface area contributed by atoms with Crippen LogP contribution in [-0.4, -0.2) is 58.0 Å². The quantitative estimate of drug-likeness (QED) is 0.823. The van der Waals surface area contributed by atoms with Crippen LogP contribution in [0.15, 0.2) is 22.6 Å². The number of aromatic nitrogens is 2. The smallest absolute Gasteiger partial charge is 0.262 e. The summed E-state index contributed by atoms with van der Waals surface area (Å²) >= 11 is 1.44. The normalized spacial score (nSPS) is 23.7. The molecule has 2 aromatic rings. The van der Waals surface area contributed by atoms with E-state index < -0.39 is 0 Å². The van der Waals surface area contributed by atoms with Crippen molar-refractivity contribution >= 4 is 27.5 Å². The number of carbonyl (C=O) groups is 1. The number of fused-ring (bicyclic) bond motifs is 2. The molecular weight excluding hydrogens is 348 g/mol. The van der Waals surface area contributed by atoms with E-state index in [0.717, 1.165) is 11.4 Å². The van der Waals surface area contributed by atoms with Crippen molar-refractivity contribution in [1.29, 1.82) is 0 Å². The van der Waals surface area contributed by atoms with Crippen LogP contribution in [0.25, 0.3) is 10.2 Å². The van der Waals surface area contributed by atoms with Gasteiger partial charge in [-0.1, -0.05) is 6.42 Å². The van der Waals surface area contributed by atoms with Crippen LogP contribution in [0.3, 0.4) is 0 Å². The van der Waals surface area contributed by atoms with E-state index >= 15 is 0 Å². The van der Waals surface area contributed by atoms with Crippen molar-refractivity contribution < 1.29 is 4.79 Å². The number of piperidine rings is 2. The van der Waals surface area contributed by atoms with Gasteiger partial charge in [0.15, 0.2) is 0 Å². The van der Waals surface area contributed by atoms with E-state index in [9.17, 15) is 9.59 Å². The molecule has 0 spiro atoms. The molecule has 2 fully saturated rings. The molecule has 0 saturated carbocycles. The van der Waals surface area contributed by atoms with Crippen LogP contribution in [-0.2, 0) is 11.3 Å². The summed E-state index contributed by atoms with van der Waals surface area (Å²) in [6.07, 6.45) is 7.78. The molecular formula is C19H26N4O2S. The maximum atomic E-state index is 12.7. The minimum absolute atomic E-state index is 0.0172. The zero-order valence-corrected chi connectivity index (χ0v) is 16.1. The van der Waals surface area contributed by atoms with Crippen LogP contribution in [0.4, 0.5) is 0 Å². The topological polar surface area (TPSA) is 58.4 Å². The highest BCUT2D eigenvalue weighted by Crippen LogP contribution is 2.31. The van der Waals surface area contributed by atoms with Crippen molar-refractivity contribution in [3.05, 3.63) is 28.1 Å². The number of hydrogen-bond acceptors (Lipinski definition) is 5. The van der Waals surface area contributed by atoms with Gasteiger partial charge in [0.1, 0.15) is 11.4 Å². The van der Waals surface area contributed by atoms with Gasteiger partial charge in [-0.05, 0) is 56.1 Å². The Morgan fingerprint density at radius 3 is 3.04 bits per heavy atom. The van der Waals surface area contributed by atoms with Gasteiger partial charge < -0.3 is 9.80 Å². The lowest BCUT2D eigenvalue weighted by atomic mass is 9.83. The number of hydrogen-bond donors (Lipinski definition) is 0. The van der Waals surface area contributed by atoms with E-state index in [4.69, 9.17) is 0 Å². The Labute approximate surface area is 157 Å². The fourth-order valence-corrected chi connectivity index (χ4v) is 5.24. The second-order valence-corrected chi connectivity index (χ2v) is 8.49. The summed E-state index contributed by atoms with van der Waals surface area (Å²) in [5.74, 6) is 0.531. The van der Waals surface area contributed by atoms with E-state index in [1.807, 2.05) is 17.3 Å². The molecule has 0 radical (unpaired) electrons. The van der Waals surface area contributed by atoms with Gasteiger partial charge in [0, 0.05) is 19.6 Å². The fraction of sp³-hybridized carbons (Fsp3) is 0.632. The Morgan fingerprint density at radius 1 is 1.31 bits per heavy atom. The van der Waals surface area contributed by atoms with Crippen molar-refractivity contribution in [3.63, 3.8) is 0 Å². The molecule has 0 aromatic carbocycles. The van der Waals surface area contributed by atoms with E-state index in [1.54, 1.807) is 6.07 Å². The number of carbonyl (C=O) groups excluding carboxylic acids is 1. The monoisotopic (exact) mass is 374 g/mol. The van der Waals surface area contributed by atoms with Gasteiger partial charge in [-0.3, -0.25) is 14.2 Å². The lowest BCUT2D eigenvalue weighted by molar-refractivity contribution is -0.131. The summed E-state index contributed by atoms with van der Waals surface area (Å²) in [7, 11) is 1.87. The molecule has 26 heavy (non-hydrogen) atoms. The zero-order chi connectivity index (χ0) is 18.1. The first kappa shape index (κ1) is 17.7. The van der Waals surface area contributed by atoms with E-state index in [-0.39, 0.29) is 18.0 Å². The second-order valence-electron chi connectivity index (χ2n) is 7.59. The summed E-state index contributed by atoms with van der Waals surface area (Å²) in [5.41, 5.74) is -0.130. The highest BCUT2D eigenvalue weighted by Gasteiger charge is 2.34. The summed E-state index contributed by atoms with van der Waals surface area (Å²) in [6, 6.07) is 2.40. The van der Waals surface area contributed by atoms with E-state index in [1.165, 1.54) is 67.4 Å². The third kappa shape index (κ3) is 3.42. The van der Waals surface area contributed by atoms with Crippen LogP contribution in [0, 0.1) is 5.92 Å². The molecule has 2 aliphatic heterocycles. The first-order chi connectivity index (χ1) is 12.6. The van der Waals surface area contributed by atoms with Crippen LogP contribution in [0.2, 0.25) is 0 Å². The molecule has 7 heteroatoms. The lowest BCUT2D eigenvalue weighted by Crippen LogP contribution is -2.51. The Balaban J connectivity index is 1.42. The molecule has 0 bridgehead atoms. The minimum atomic E-state index is -0.130. The number of rotatable bonds is 4. The summed E-state index contributed by atoms with van der Waals surface area (Å²) in [4.78, 5) is 34.6. The van der Waals surface area contributed by atoms with Gasteiger partial charge in [0.25, 0.3) is 5.56 Å².